The summed E-state index contributed by atoms with van der Waals surface area (Å²) in [5.41, 5.74) is 2.26. The van der Waals surface area contributed by atoms with Crippen LogP contribution in [0.15, 0.2) is 11.7 Å². The summed E-state index contributed by atoms with van der Waals surface area (Å²) in [7, 11) is 0. The molecule has 0 radical (unpaired) electrons. The molecule has 2 aromatic heterocycles. The number of fused-ring (bicyclic) bond motifs is 1. The van der Waals surface area contributed by atoms with Gasteiger partial charge in [0, 0.05) is 5.88 Å². The second kappa shape index (κ2) is 5.49. The monoisotopic (exact) mass is 309 g/mol. The Labute approximate surface area is 128 Å². The first-order valence-electron chi connectivity index (χ1n) is 7.16. The van der Waals surface area contributed by atoms with E-state index < -0.39 is 0 Å². The van der Waals surface area contributed by atoms with Gasteiger partial charge in [0.05, 0.1) is 15.8 Å². The third kappa shape index (κ3) is 2.51. The van der Waals surface area contributed by atoms with Gasteiger partial charge in [0.1, 0.15) is 12.1 Å². The summed E-state index contributed by atoms with van der Waals surface area (Å²) in [6, 6.07) is 0. The molecule has 2 atom stereocenters. The molecule has 0 saturated heterocycles. The minimum atomic E-state index is -0.0155. The van der Waals surface area contributed by atoms with E-state index in [0.717, 1.165) is 34.8 Å². The van der Waals surface area contributed by atoms with Gasteiger partial charge in [-0.15, -0.1) is 22.9 Å². The van der Waals surface area contributed by atoms with Crippen LogP contribution in [0.1, 0.15) is 38.2 Å². The maximum atomic E-state index is 6.31. The van der Waals surface area contributed by atoms with Gasteiger partial charge >= 0.3 is 0 Å². The van der Waals surface area contributed by atoms with Crippen LogP contribution >= 0.6 is 22.9 Å². The number of rotatable bonds is 3. The number of nitrogens with one attached hydrogen (secondary N) is 1. The second-order valence-corrected chi connectivity index (χ2v) is 7.21. The zero-order chi connectivity index (χ0) is 14.2. The quantitative estimate of drug-likeness (QED) is 0.842. The minimum absolute atomic E-state index is 0.0155. The lowest BCUT2D eigenvalue weighted by Gasteiger charge is -2.39. The van der Waals surface area contributed by atoms with Gasteiger partial charge < -0.3 is 5.32 Å². The zero-order valence-corrected chi connectivity index (χ0v) is 13.5. The summed E-state index contributed by atoms with van der Waals surface area (Å²) in [6.45, 7) is 4.41. The fraction of sp³-hybridized carbons (Fsp3) is 0.600. The van der Waals surface area contributed by atoms with Crippen LogP contribution in [0.4, 0.5) is 5.82 Å². The third-order valence-corrected chi connectivity index (χ3v) is 5.87. The van der Waals surface area contributed by atoms with Crippen molar-refractivity contribution in [2.75, 3.05) is 11.2 Å². The fourth-order valence-corrected chi connectivity index (χ4v) is 4.49. The van der Waals surface area contributed by atoms with Gasteiger partial charge in [-0.1, -0.05) is 19.8 Å². The van der Waals surface area contributed by atoms with Crippen LogP contribution in [-0.4, -0.2) is 21.4 Å². The number of alkyl halides is 1. The Bertz CT molecular complexity index is 612. The highest BCUT2D eigenvalue weighted by Gasteiger charge is 2.35. The van der Waals surface area contributed by atoms with E-state index in [2.05, 4.69) is 34.5 Å². The molecule has 1 saturated carbocycles. The van der Waals surface area contributed by atoms with Crippen molar-refractivity contribution in [3.8, 4) is 0 Å². The fourth-order valence-electron chi connectivity index (χ4n) is 3.24. The molecule has 2 aromatic rings. The largest absolute Gasteiger partial charge is 0.362 e. The van der Waals surface area contributed by atoms with Crippen molar-refractivity contribution >= 4 is 39.0 Å². The van der Waals surface area contributed by atoms with Crippen molar-refractivity contribution in [2.45, 2.75) is 45.1 Å². The SMILES string of the molecule is Cc1csc2c(NC3(CCl)CCCC(C)C3)ncnc12. The van der Waals surface area contributed by atoms with Gasteiger partial charge in [0.25, 0.3) is 0 Å². The Balaban J connectivity index is 1.95. The molecule has 0 amide bonds. The van der Waals surface area contributed by atoms with Crippen molar-refractivity contribution in [1.82, 2.24) is 9.97 Å². The highest BCUT2D eigenvalue weighted by atomic mass is 35.5. The van der Waals surface area contributed by atoms with E-state index in [9.17, 15) is 0 Å². The molecule has 1 aliphatic carbocycles. The normalized spacial score (nSPS) is 26.9. The van der Waals surface area contributed by atoms with Crippen LogP contribution in [0.3, 0.4) is 0 Å². The van der Waals surface area contributed by atoms with Gasteiger partial charge in [-0.25, -0.2) is 9.97 Å². The standard InChI is InChI=1S/C15H20ClN3S/c1-10-4-3-5-15(6-10,8-16)19-14-13-12(17-9-18-14)11(2)7-20-13/h7,9-10H,3-6,8H2,1-2H3,(H,17,18,19). The first kappa shape index (κ1) is 14.1. The molecule has 0 aliphatic heterocycles. The first-order chi connectivity index (χ1) is 9.63. The lowest BCUT2D eigenvalue weighted by molar-refractivity contribution is 0.279. The van der Waals surface area contributed by atoms with Gasteiger partial charge in [0.15, 0.2) is 0 Å². The summed E-state index contributed by atoms with van der Waals surface area (Å²) in [4.78, 5) is 8.85. The molecule has 1 fully saturated rings. The summed E-state index contributed by atoms with van der Waals surface area (Å²) in [6.07, 6.45) is 6.43. The molecule has 2 unspecified atom stereocenters. The highest BCUT2D eigenvalue weighted by molar-refractivity contribution is 7.18. The highest BCUT2D eigenvalue weighted by Crippen LogP contribution is 2.38. The van der Waals surface area contributed by atoms with Crippen LogP contribution in [-0.2, 0) is 0 Å². The summed E-state index contributed by atoms with van der Waals surface area (Å²) in [5, 5.41) is 5.80. The molecule has 0 aromatic carbocycles. The number of hydrogen-bond donors (Lipinski definition) is 1. The Morgan fingerprint density at radius 3 is 3.10 bits per heavy atom. The van der Waals surface area contributed by atoms with Crippen molar-refractivity contribution in [2.24, 2.45) is 5.92 Å². The number of thiophene rings is 1. The Morgan fingerprint density at radius 1 is 1.50 bits per heavy atom. The van der Waals surface area contributed by atoms with E-state index in [1.165, 1.54) is 18.4 Å². The average Bonchev–Trinajstić information content (AvgIpc) is 2.82. The van der Waals surface area contributed by atoms with Crippen molar-refractivity contribution in [1.29, 1.82) is 0 Å². The molecule has 108 valence electrons. The summed E-state index contributed by atoms with van der Waals surface area (Å²) >= 11 is 8.01. The first-order valence-corrected chi connectivity index (χ1v) is 8.58. The van der Waals surface area contributed by atoms with E-state index in [-0.39, 0.29) is 5.54 Å². The van der Waals surface area contributed by atoms with Crippen molar-refractivity contribution in [3.05, 3.63) is 17.3 Å². The Kier molecular flexibility index (Phi) is 3.87. The van der Waals surface area contributed by atoms with Crippen LogP contribution in [0.5, 0.6) is 0 Å². The number of aromatic nitrogens is 2. The van der Waals surface area contributed by atoms with Crippen LogP contribution < -0.4 is 5.32 Å². The molecular formula is C15H20ClN3S. The zero-order valence-electron chi connectivity index (χ0n) is 11.9. The number of anilines is 1. The molecule has 0 bridgehead atoms. The molecule has 3 nitrogen and oxygen atoms in total. The number of nitrogens with zero attached hydrogens (tertiary/aromatic N) is 2. The molecule has 1 N–H and O–H groups in total. The molecular weight excluding hydrogens is 290 g/mol. The smallest absolute Gasteiger partial charge is 0.147 e. The molecule has 3 rings (SSSR count). The predicted octanol–water partition coefficient (Wildman–Crippen LogP) is 4.60. The van der Waals surface area contributed by atoms with Gasteiger partial charge in [-0.3, -0.25) is 0 Å². The number of aryl methyl sites for hydroxylation is 1. The Hall–Kier alpha value is -0.870. The van der Waals surface area contributed by atoms with Crippen LogP contribution in [0.25, 0.3) is 10.2 Å². The van der Waals surface area contributed by atoms with Gasteiger partial charge in [-0.2, -0.15) is 0 Å². The van der Waals surface area contributed by atoms with E-state index in [4.69, 9.17) is 11.6 Å². The molecule has 2 heterocycles. The van der Waals surface area contributed by atoms with Crippen molar-refractivity contribution in [3.63, 3.8) is 0 Å². The van der Waals surface area contributed by atoms with Gasteiger partial charge in [-0.05, 0) is 36.6 Å². The number of halogens is 1. The minimum Gasteiger partial charge on any atom is -0.362 e. The molecule has 0 spiro atoms. The lowest BCUT2D eigenvalue weighted by atomic mass is 9.77. The summed E-state index contributed by atoms with van der Waals surface area (Å²) < 4.78 is 1.15. The molecule has 20 heavy (non-hydrogen) atoms. The van der Waals surface area contributed by atoms with Crippen LogP contribution in [0, 0.1) is 12.8 Å². The maximum Gasteiger partial charge on any atom is 0.147 e. The van der Waals surface area contributed by atoms with Crippen molar-refractivity contribution < 1.29 is 0 Å². The molecule has 1 aliphatic rings. The topological polar surface area (TPSA) is 37.8 Å². The van der Waals surface area contributed by atoms with E-state index in [1.54, 1.807) is 17.7 Å². The van der Waals surface area contributed by atoms with E-state index in [0.29, 0.717) is 5.88 Å². The van der Waals surface area contributed by atoms with Crippen LogP contribution in [0.2, 0.25) is 0 Å². The number of hydrogen-bond acceptors (Lipinski definition) is 4. The molecule has 5 heteroatoms. The average molecular weight is 310 g/mol. The predicted molar refractivity (Wildman–Crippen MR) is 86.9 cm³/mol. The lowest BCUT2D eigenvalue weighted by Crippen LogP contribution is -2.44. The maximum absolute atomic E-state index is 6.31. The van der Waals surface area contributed by atoms with E-state index in [1.807, 2.05) is 0 Å². The second-order valence-electron chi connectivity index (χ2n) is 6.06. The third-order valence-electron chi connectivity index (χ3n) is 4.26. The summed E-state index contributed by atoms with van der Waals surface area (Å²) in [5.74, 6) is 2.30. The Morgan fingerprint density at radius 2 is 2.35 bits per heavy atom. The van der Waals surface area contributed by atoms with Gasteiger partial charge in [0.2, 0.25) is 0 Å². The van der Waals surface area contributed by atoms with E-state index >= 15 is 0 Å².